The van der Waals surface area contributed by atoms with Gasteiger partial charge in [0.05, 0.1) is 5.41 Å². The summed E-state index contributed by atoms with van der Waals surface area (Å²) in [6.45, 7) is 0.435. The molecule has 0 saturated heterocycles. The zero-order valence-electron chi connectivity index (χ0n) is 11.4. The molecule has 1 amide bonds. The van der Waals surface area contributed by atoms with E-state index in [-0.39, 0.29) is 5.91 Å². The number of amides is 1. The Morgan fingerprint density at radius 3 is 2.24 bits per heavy atom. The van der Waals surface area contributed by atoms with Crippen molar-refractivity contribution in [3.8, 4) is 0 Å². The molecule has 108 valence electrons. The smallest absolute Gasteiger partial charge is 0.230 e. The van der Waals surface area contributed by atoms with Gasteiger partial charge >= 0.3 is 0 Å². The Bertz CT molecular complexity index is 680. The fraction of sp³-hybridized carbons (Fsp3) is 0.235. The van der Waals surface area contributed by atoms with E-state index in [2.05, 4.69) is 5.32 Å². The molecule has 3 rings (SSSR count). The summed E-state index contributed by atoms with van der Waals surface area (Å²) in [5, 5.41) is 4.31. The van der Waals surface area contributed by atoms with E-state index in [1.54, 1.807) is 0 Å². The van der Waals surface area contributed by atoms with Gasteiger partial charge < -0.3 is 5.32 Å². The van der Waals surface area contributed by atoms with Gasteiger partial charge in [-0.3, -0.25) is 4.79 Å². The van der Waals surface area contributed by atoms with Crippen molar-refractivity contribution in [3.63, 3.8) is 0 Å². The van der Waals surface area contributed by atoms with E-state index in [0.29, 0.717) is 16.6 Å². The number of hydrogen-bond donors (Lipinski definition) is 1. The summed E-state index contributed by atoms with van der Waals surface area (Å²) in [5.41, 5.74) is 1.38. The minimum absolute atomic E-state index is 0.0236. The van der Waals surface area contributed by atoms with Gasteiger partial charge in [-0.2, -0.15) is 0 Å². The third-order valence-corrected chi connectivity index (χ3v) is 4.67. The summed E-state index contributed by atoms with van der Waals surface area (Å²) in [5.74, 6) is 0.0236. The summed E-state index contributed by atoms with van der Waals surface area (Å²) in [6.07, 6.45) is 1.68. The summed E-state index contributed by atoms with van der Waals surface area (Å²) in [4.78, 5) is 12.6. The molecule has 0 unspecified atom stereocenters. The fourth-order valence-corrected chi connectivity index (χ4v) is 3.10. The van der Waals surface area contributed by atoms with Crippen molar-refractivity contribution < 1.29 is 4.79 Å². The highest BCUT2D eigenvalue weighted by atomic mass is 35.5. The number of hydrogen-bond acceptors (Lipinski definition) is 1. The maximum atomic E-state index is 12.6. The Labute approximate surface area is 134 Å². The highest BCUT2D eigenvalue weighted by Gasteiger charge is 2.52. The van der Waals surface area contributed by atoms with E-state index in [1.165, 1.54) is 0 Å². The van der Waals surface area contributed by atoms with Gasteiger partial charge in [0.1, 0.15) is 0 Å². The third-order valence-electron chi connectivity index (χ3n) is 3.97. The van der Waals surface area contributed by atoms with E-state index in [1.807, 2.05) is 48.5 Å². The van der Waals surface area contributed by atoms with Crippen LogP contribution in [-0.4, -0.2) is 5.91 Å². The Kier molecular flexibility index (Phi) is 3.92. The van der Waals surface area contributed by atoms with Crippen molar-refractivity contribution in [2.75, 3.05) is 0 Å². The molecule has 0 spiro atoms. The van der Waals surface area contributed by atoms with Crippen LogP contribution in [0.25, 0.3) is 0 Å². The molecule has 0 aliphatic heterocycles. The molecule has 21 heavy (non-hydrogen) atoms. The van der Waals surface area contributed by atoms with Gasteiger partial charge in [-0.05, 0) is 36.1 Å². The highest BCUT2D eigenvalue weighted by Crippen LogP contribution is 2.50. The van der Waals surface area contributed by atoms with Gasteiger partial charge in [0.2, 0.25) is 5.91 Å². The van der Waals surface area contributed by atoms with Gasteiger partial charge in [0.15, 0.2) is 0 Å². The molecule has 0 heterocycles. The lowest BCUT2D eigenvalue weighted by molar-refractivity contribution is -0.123. The van der Waals surface area contributed by atoms with Crippen molar-refractivity contribution in [1.82, 2.24) is 5.32 Å². The monoisotopic (exact) mass is 319 g/mol. The van der Waals surface area contributed by atoms with E-state index >= 15 is 0 Å². The quantitative estimate of drug-likeness (QED) is 0.892. The van der Waals surface area contributed by atoms with Crippen molar-refractivity contribution in [2.45, 2.75) is 24.8 Å². The predicted octanol–water partition coefficient (Wildman–Crippen LogP) is 4.34. The van der Waals surface area contributed by atoms with E-state index in [0.717, 1.165) is 24.0 Å². The average Bonchev–Trinajstić information content (AvgIpc) is 3.28. The summed E-state index contributed by atoms with van der Waals surface area (Å²) in [7, 11) is 0. The Morgan fingerprint density at radius 2 is 1.62 bits per heavy atom. The molecule has 0 aromatic heterocycles. The van der Waals surface area contributed by atoms with Crippen LogP contribution in [0.5, 0.6) is 0 Å². The highest BCUT2D eigenvalue weighted by molar-refractivity contribution is 6.32. The average molecular weight is 320 g/mol. The first-order valence-electron chi connectivity index (χ1n) is 6.90. The molecule has 1 N–H and O–H groups in total. The van der Waals surface area contributed by atoms with E-state index in [9.17, 15) is 4.79 Å². The molecule has 2 aromatic carbocycles. The van der Waals surface area contributed by atoms with Crippen LogP contribution >= 0.6 is 23.2 Å². The van der Waals surface area contributed by atoms with Crippen molar-refractivity contribution in [1.29, 1.82) is 0 Å². The Hall–Kier alpha value is -1.51. The molecule has 0 bridgehead atoms. The molecule has 0 atom stereocenters. The fourth-order valence-electron chi connectivity index (χ4n) is 2.58. The predicted molar refractivity (Wildman–Crippen MR) is 85.7 cm³/mol. The number of carbonyl (C=O) groups is 1. The first-order chi connectivity index (χ1) is 10.1. The van der Waals surface area contributed by atoms with Crippen LogP contribution in [0, 0.1) is 0 Å². The maximum Gasteiger partial charge on any atom is 0.230 e. The number of carbonyl (C=O) groups excluding carboxylic acids is 1. The third kappa shape index (κ3) is 2.78. The summed E-state index contributed by atoms with van der Waals surface area (Å²) < 4.78 is 0. The SMILES string of the molecule is O=C(NCc1ccccc1Cl)C1(c2ccccc2Cl)CC1. The largest absolute Gasteiger partial charge is 0.351 e. The zero-order valence-corrected chi connectivity index (χ0v) is 12.9. The van der Waals surface area contributed by atoms with E-state index in [4.69, 9.17) is 23.2 Å². The Balaban J connectivity index is 1.74. The van der Waals surface area contributed by atoms with Crippen LogP contribution in [0.3, 0.4) is 0 Å². The van der Waals surface area contributed by atoms with Gasteiger partial charge in [0.25, 0.3) is 0 Å². The molecule has 1 saturated carbocycles. The number of benzene rings is 2. The molecule has 1 aliphatic carbocycles. The summed E-state index contributed by atoms with van der Waals surface area (Å²) >= 11 is 12.3. The van der Waals surface area contributed by atoms with Crippen molar-refractivity contribution in [2.24, 2.45) is 0 Å². The molecule has 1 aliphatic rings. The minimum atomic E-state index is -0.459. The summed E-state index contributed by atoms with van der Waals surface area (Å²) in [6, 6.07) is 15.1. The zero-order chi connectivity index (χ0) is 14.9. The Morgan fingerprint density at radius 1 is 1.00 bits per heavy atom. The van der Waals surface area contributed by atoms with Gasteiger partial charge in [-0.1, -0.05) is 59.6 Å². The standard InChI is InChI=1S/C17H15Cl2NO/c18-14-7-3-1-5-12(14)11-20-16(21)17(9-10-17)13-6-2-4-8-15(13)19/h1-8H,9-11H2,(H,20,21). The number of halogens is 2. The first-order valence-corrected chi connectivity index (χ1v) is 7.66. The number of nitrogens with one attached hydrogen (secondary N) is 1. The lowest BCUT2D eigenvalue weighted by atomic mass is 9.95. The molecule has 2 aromatic rings. The van der Waals surface area contributed by atoms with Gasteiger partial charge in [0, 0.05) is 16.6 Å². The van der Waals surface area contributed by atoms with E-state index < -0.39 is 5.41 Å². The second kappa shape index (κ2) is 5.70. The van der Waals surface area contributed by atoms with Gasteiger partial charge in [-0.25, -0.2) is 0 Å². The van der Waals surface area contributed by atoms with Crippen LogP contribution < -0.4 is 5.32 Å². The van der Waals surface area contributed by atoms with Crippen LogP contribution in [0.4, 0.5) is 0 Å². The van der Waals surface area contributed by atoms with Crippen LogP contribution in [0.2, 0.25) is 10.0 Å². The molecule has 2 nitrogen and oxygen atoms in total. The van der Waals surface area contributed by atoms with Crippen molar-refractivity contribution >= 4 is 29.1 Å². The number of rotatable bonds is 4. The van der Waals surface area contributed by atoms with Crippen LogP contribution in [-0.2, 0) is 16.8 Å². The maximum absolute atomic E-state index is 12.6. The topological polar surface area (TPSA) is 29.1 Å². The first kappa shape index (κ1) is 14.4. The normalized spacial score (nSPS) is 15.5. The lowest BCUT2D eigenvalue weighted by Gasteiger charge is -2.17. The van der Waals surface area contributed by atoms with Crippen LogP contribution in [0.15, 0.2) is 48.5 Å². The lowest BCUT2D eigenvalue weighted by Crippen LogP contribution is -2.34. The van der Waals surface area contributed by atoms with Gasteiger partial charge in [-0.15, -0.1) is 0 Å². The molecular weight excluding hydrogens is 305 g/mol. The molecule has 1 fully saturated rings. The second-order valence-electron chi connectivity index (χ2n) is 5.34. The molecule has 0 radical (unpaired) electrons. The molecule has 4 heteroatoms. The van der Waals surface area contributed by atoms with Crippen LogP contribution in [0.1, 0.15) is 24.0 Å². The van der Waals surface area contributed by atoms with Crippen molar-refractivity contribution in [3.05, 3.63) is 69.7 Å². The molecular formula is C17H15Cl2NO. The second-order valence-corrected chi connectivity index (χ2v) is 6.15. The minimum Gasteiger partial charge on any atom is -0.351 e.